The van der Waals surface area contributed by atoms with Crippen molar-refractivity contribution in [2.75, 3.05) is 0 Å². The van der Waals surface area contributed by atoms with Crippen LogP contribution in [-0.4, -0.2) is 4.57 Å². The van der Waals surface area contributed by atoms with Gasteiger partial charge in [-0.2, -0.15) is 0 Å². The van der Waals surface area contributed by atoms with E-state index in [0.717, 1.165) is 0 Å². The van der Waals surface area contributed by atoms with E-state index in [9.17, 15) is 0 Å². The molecule has 0 aliphatic carbocycles. The largest absolute Gasteiger partial charge is 0.256 e. The number of hydrogen-bond acceptors (Lipinski definition) is 0. The minimum Gasteiger partial charge on any atom is -0.237 e. The van der Waals surface area contributed by atoms with Crippen LogP contribution in [0.15, 0.2) is 12.4 Å². The Labute approximate surface area is 183 Å². The lowest BCUT2D eigenvalue weighted by atomic mass is 10.1. The van der Waals surface area contributed by atoms with Gasteiger partial charge >= 0.3 is 0 Å². The predicted molar refractivity (Wildman–Crippen MR) is 128 cm³/mol. The number of aryl methyl sites for hydroxylation is 2. The lowest BCUT2D eigenvalue weighted by Gasteiger charge is -2.05. The van der Waals surface area contributed by atoms with E-state index < -0.39 is 0 Å². The van der Waals surface area contributed by atoms with Gasteiger partial charge in [-0.05, 0) is 19.3 Å². The highest BCUT2D eigenvalue weighted by Crippen LogP contribution is 2.13. The van der Waals surface area contributed by atoms with Crippen molar-refractivity contribution < 1.29 is 4.57 Å². The molecule has 170 valence electrons. The quantitative estimate of drug-likeness (QED) is 0.144. The number of nitrogens with zero attached hydrogens (tertiary/aromatic N) is 2. The molecule has 0 saturated carbocycles. The summed E-state index contributed by atoms with van der Waals surface area (Å²) in [6.07, 6.45) is 32.7. The molecule has 0 aromatic carbocycles. The molecule has 0 spiro atoms. The van der Waals surface area contributed by atoms with Crippen LogP contribution in [0.3, 0.4) is 0 Å². The van der Waals surface area contributed by atoms with E-state index >= 15 is 0 Å². The van der Waals surface area contributed by atoms with Crippen molar-refractivity contribution in [2.24, 2.45) is 7.05 Å². The van der Waals surface area contributed by atoms with Gasteiger partial charge in [0.05, 0.1) is 13.6 Å². The van der Waals surface area contributed by atoms with Crippen LogP contribution in [-0.2, 0) is 20.0 Å². The second kappa shape index (κ2) is 19.2. The van der Waals surface area contributed by atoms with Crippen molar-refractivity contribution >= 4 is 0 Å². The Morgan fingerprint density at radius 1 is 0.586 bits per heavy atom. The normalized spacial score (nSPS) is 11.4. The van der Waals surface area contributed by atoms with Crippen LogP contribution in [0, 0.1) is 0 Å². The SMILES string of the molecule is CCCCCCCCCCCCCn1cc[n+](C)c1CCCCCCCCCC. The highest BCUT2D eigenvalue weighted by Gasteiger charge is 2.13. The first-order valence-corrected chi connectivity index (χ1v) is 13.3. The zero-order chi connectivity index (χ0) is 21.0. The first-order valence-electron chi connectivity index (χ1n) is 13.3. The zero-order valence-electron chi connectivity index (χ0n) is 20.4. The lowest BCUT2D eigenvalue weighted by molar-refractivity contribution is -0.678. The van der Waals surface area contributed by atoms with Crippen LogP contribution >= 0.6 is 0 Å². The van der Waals surface area contributed by atoms with Gasteiger partial charge in [0.25, 0.3) is 5.82 Å². The van der Waals surface area contributed by atoms with Crippen LogP contribution in [0.1, 0.15) is 142 Å². The van der Waals surface area contributed by atoms with Gasteiger partial charge in [0.2, 0.25) is 0 Å². The molecule has 0 radical (unpaired) electrons. The van der Waals surface area contributed by atoms with Crippen LogP contribution in [0.2, 0.25) is 0 Å². The molecule has 1 aromatic rings. The summed E-state index contributed by atoms with van der Waals surface area (Å²) in [6.45, 7) is 5.81. The molecule has 0 bridgehead atoms. The maximum absolute atomic E-state index is 2.52. The molecule has 1 aromatic heterocycles. The Kier molecular flexibility index (Phi) is 17.4. The standard InChI is InChI=1S/C27H53N2/c1-4-6-8-10-12-14-15-16-18-20-22-24-29-26-25-28(3)27(29)23-21-19-17-13-11-9-7-5-2/h25-26H,4-24H2,1-3H3/q+1. The van der Waals surface area contributed by atoms with Crippen molar-refractivity contribution in [1.82, 2.24) is 4.57 Å². The van der Waals surface area contributed by atoms with E-state index in [-0.39, 0.29) is 0 Å². The molecule has 0 atom stereocenters. The summed E-state index contributed by atoms with van der Waals surface area (Å²) in [5, 5.41) is 0. The first kappa shape index (κ1) is 26.2. The van der Waals surface area contributed by atoms with Gasteiger partial charge in [-0.15, -0.1) is 0 Å². The number of aromatic nitrogens is 2. The van der Waals surface area contributed by atoms with Gasteiger partial charge in [0.1, 0.15) is 12.4 Å². The minimum atomic E-state index is 1.21. The number of hydrogen-bond donors (Lipinski definition) is 0. The Bertz CT molecular complexity index is 463. The summed E-state index contributed by atoms with van der Waals surface area (Å²) < 4.78 is 4.87. The average molecular weight is 406 g/mol. The number of unbranched alkanes of at least 4 members (excludes halogenated alkanes) is 17. The summed E-state index contributed by atoms with van der Waals surface area (Å²) in [5.41, 5.74) is 0. The number of rotatable bonds is 21. The van der Waals surface area contributed by atoms with Crippen molar-refractivity contribution in [3.05, 3.63) is 18.2 Å². The summed E-state index contributed by atoms with van der Waals surface area (Å²) in [4.78, 5) is 0. The minimum absolute atomic E-state index is 1.21. The molecule has 2 heteroatoms. The Morgan fingerprint density at radius 2 is 1.00 bits per heavy atom. The molecule has 0 unspecified atom stereocenters. The van der Waals surface area contributed by atoms with Gasteiger partial charge < -0.3 is 0 Å². The van der Waals surface area contributed by atoms with Crippen molar-refractivity contribution in [1.29, 1.82) is 0 Å². The van der Waals surface area contributed by atoms with Crippen molar-refractivity contribution in [3.8, 4) is 0 Å². The van der Waals surface area contributed by atoms with Crippen molar-refractivity contribution in [2.45, 2.75) is 149 Å². The highest BCUT2D eigenvalue weighted by atomic mass is 15.1. The predicted octanol–water partition coefficient (Wildman–Crippen LogP) is 8.31. The summed E-state index contributed by atoms with van der Waals surface area (Å²) in [7, 11) is 2.22. The molecule has 0 saturated heterocycles. The molecule has 1 heterocycles. The third-order valence-electron chi connectivity index (χ3n) is 6.47. The van der Waals surface area contributed by atoms with E-state index in [4.69, 9.17) is 0 Å². The van der Waals surface area contributed by atoms with Gasteiger partial charge in [0.15, 0.2) is 0 Å². The number of imidazole rings is 1. The fourth-order valence-corrected chi connectivity index (χ4v) is 4.44. The molecular formula is C27H53N2+. The van der Waals surface area contributed by atoms with Gasteiger partial charge in [-0.3, -0.25) is 0 Å². The lowest BCUT2D eigenvalue weighted by Crippen LogP contribution is -2.32. The molecule has 2 nitrogen and oxygen atoms in total. The van der Waals surface area contributed by atoms with E-state index in [1.54, 1.807) is 0 Å². The van der Waals surface area contributed by atoms with Crippen LogP contribution in [0.25, 0.3) is 0 Å². The molecule has 1 rings (SSSR count). The van der Waals surface area contributed by atoms with Gasteiger partial charge in [-0.1, -0.05) is 117 Å². The second-order valence-electron chi connectivity index (χ2n) is 9.28. The van der Waals surface area contributed by atoms with Gasteiger partial charge in [0, 0.05) is 6.42 Å². The van der Waals surface area contributed by atoms with E-state index in [0.29, 0.717) is 0 Å². The molecular weight excluding hydrogens is 352 g/mol. The Hall–Kier alpha value is -0.790. The molecule has 0 N–H and O–H groups in total. The maximum Gasteiger partial charge on any atom is 0.256 e. The zero-order valence-corrected chi connectivity index (χ0v) is 20.4. The van der Waals surface area contributed by atoms with Crippen LogP contribution in [0.4, 0.5) is 0 Å². The monoisotopic (exact) mass is 405 g/mol. The smallest absolute Gasteiger partial charge is 0.237 e. The van der Waals surface area contributed by atoms with Crippen molar-refractivity contribution in [3.63, 3.8) is 0 Å². The van der Waals surface area contributed by atoms with Crippen LogP contribution in [0.5, 0.6) is 0 Å². The highest BCUT2D eigenvalue weighted by molar-refractivity contribution is 4.84. The summed E-state index contributed by atoms with van der Waals surface area (Å²) in [6, 6.07) is 0. The van der Waals surface area contributed by atoms with Gasteiger partial charge in [-0.25, -0.2) is 9.13 Å². The first-order chi connectivity index (χ1) is 14.3. The topological polar surface area (TPSA) is 8.81 Å². The molecule has 29 heavy (non-hydrogen) atoms. The third-order valence-corrected chi connectivity index (χ3v) is 6.47. The Balaban J connectivity index is 2.03. The van der Waals surface area contributed by atoms with Crippen LogP contribution < -0.4 is 4.57 Å². The Morgan fingerprint density at radius 3 is 1.48 bits per heavy atom. The third kappa shape index (κ3) is 13.9. The molecule has 0 aliphatic heterocycles. The summed E-state index contributed by atoms with van der Waals surface area (Å²) in [5.74, 6) is 1.53. The average Bonchev–Trinajstić information content (AvgIpc) is 3.07. The fraction of sp³-hybridized carbons (Fsp3) is 0.889. The fourth-order valence-electron chi connectivity index (χ4n) is 4.44. The molecule has 0 aliphatic rings. The van der Waals surface area contributed by atoms with E-state index in [1.165, 1.54) is 141 Å². The maximum atomic E-state index is 2.52. The second-order valence-corrected chi connectivity index (χ2v) is 9.28. The molecule has 0 fully saturated rings. The van der Waals surface area contributed by atoms with E-state index in [1.807, 2.05) is 0 Å². The van der Waals surface area contributed by atoms with E-state index in [2.05, 4.69) is 42.4 Å². The summed E-state index contributed by atoms with van der Waals surface area (Å²) >= 11 is 0. The molecule has 0 amide bonds.